The second-order valence-electron chi connectivity index (χ2n) is 6.40. The molecule has 2 heterocycles. The van der Waals surface area contributed by atoms with Gasteiger partial charge in [-0.2, -0.15) is 0 Å². The molecule has 1 fully saturated rings. The second kappa shape index (κ2) is 7.11. The van der Waals surface area contributed by atoms with E-state index in [1.54, 1.807) is 24.4 Å². The lowest BCUT2D eigenvalue weighted by Crippen LogP contribution is -2.30. The van der Waals surface area contributed by atoms with Crippen molar-refractivity contribution in [3.63, 3.8) is 0 Å². The Morgan fingerprint density at radius 3 is 2.59 bits per heavy atom. The molecule has 0 aliphatic carbocycles. The first-order valence-electron chi connectivity index (χ1n) is 8.43. The number of carbonyl (C=O) groups is 1. The van der Waals surface area contributed by atoms with Gasteiger partial charge in [-0.05, 0) is 23.8 Å². The van der Waals surface area contributed by atoms with Gasteiger partial charge in [0.05, 0.1) is 11.9 Å². The number of rotatable bonds is 4. The lowest BCUT2D eigenvalue weighted by molar-refractivity contribution is -0.136. The van der Waals surface area contributed by atoms with Crippen LogP contribution in [0.5, 0.6) is 0 Å². The average molecular weight is 385 g/mol. The van der Waals surface area contributed by atoms with Crippen LogP contribution in [0.2, 0.25) is 5.02 Å². The smallest absolute Gasteiger partial charge is 0.255 e. The maximum atomic E-state index is 12.5. The van der Waals surface area contributed by atoms with Crippen LogP contribution < -0.4 is 0 Å². The largest absolute Gasteiger partial charge is 0.387 e. The maximum absolute atomic E-state index is 12.5. The molecule has 27 heavy (non-hydrogen) atoms. The van der Waals surface area contributed by atoms with E-state index in [4.69, 9.17) is 11.6 Å². The van der Waals surface area contributed by atoms with Crippen LogP contribution >= 0.6 is 11.6 Å². The van der Waals surface area contributed by atoms with Crippen LogP contribution in [-0.2, 0) is 11.3 Å². The van der Waals surface area contributed by atoms with Gasteiger partial charge in [0.15, 0.2) is 6.10 Å². The molecular formula is C19H17ClN4O3. The predicted octanol–water partition coefficient (Wildman–Crippen LogP) is 1.73. The van der Waals surface area contributed by atoms with Crippen molar-refractivity contribution >= 4 is 17.5 Å². The Hall–Kier alpha value is -2.74. The van der Waals surface area contributed by atoms with E-state index < -0.39 is 24.2 Å². The first-order valence-corrected chi connectivity index (χ1v) is 8.81. The van der Waals surface area contributed by atoms with Crippen molar-refractivity contribution < 1.29 is 15.0 Å². The van der Waals surface area contributed by atoms with E-state index in [0.29, 0.717) is 16.4 Å². The number of nitrogens with zero attached hydrogens (tertiary/aromatic N) is 4. The Kier molecular flexibility index (Phi) is 4.65. The van der Waals surface area contributed by atoms with Gasteiger partial charge < -0.3 is 15.1 Å². The zero-order valence-electron chi connectivity index (χ0n) is 14.2. The Morgan fingerprint density at radius 1 is 1.07 bits per heavy atom. The van der Waals surface area contributed by atoms with Crippen molar-refractivity contribution in [3.05, 3.63) is 77.1 Å². The third kappa shape index (κ3) is 3.32. The standard InChI is InChI=1S/C19H17ClN4O3/c20-13-7-4-8-14(9-13)24-11-15(21-22-24)16-17(25)18(26)19(27)23(16)10-12-5-2-1-3-6-12/h1-9,11,16-18,25-26H,10H2/t16-,17+,18-/m1/s1. The number of aliphatic hydroxyl groups is 2. The third-order valence-corrected chi connectivity index (χ3v) is 4.84. The molecule has 7 nitrogen and oxygen atoms in total. The summed E-state index contributed by atoms with van der Waals surface area (Å²) in [6.07, 6.45) is -1.15. The SMILES string of the molecule is O=C1[C@H](O)[C@@H](O)[C@@H](c2cn(-c3cccc(Cl)c3)nn2)N1Cc1ccccc1. The lowest BCUT2D eigenvalue weighted by atomic mass is 10.1. The Labute approximate surface area is 160 Å². The van der Waals surface area contributed by atoms with E-state index in [2.05, 4.69) is 10.3 Å². The Morgan fingerprint density at radius 2 is 1.85 bits per heavy atom. The Balaban J connectivity index is 1.67. The summed E-state index contributed by atoms with van der Waals surface area (Å²) in [5.41, 5.74) is 1.98. The van der Waals surface area contributed by atoms with Gasteiger partial charge in [-0.15, -0.1) is 5.10 Å². The molecule has 1 aliphatic rings. The molecule has 1 amide bonds. The molecule has 1 aliphatic heterocycles. The van der Waals surface area contributed by atoms with Crippen molar-refractivity contribution in [1.82, 2.24) is 19.9 Å². The summed E-state index contributed by atoms with van der Waals surface area (Å²) in [5, 5.41) is 29.3. The van der Waals surface area contributed by atoms with Crippen LogP contribution in [0.15, 0.2) is 60.8 Å². The van der Waals surface area contributed by atoms with Gasteiger partial charge in [-0.25, -0.2) is 4.68 Å². The molecule has 1 aromatic heterocycles. The van der Waals surface area contributed by atoms with Gasteiger partial charge in [0, 0.05) is 11.6 Å². The summed E-state index contributed by atoms with van der Waals surface area (Å²) in [7, 11) is 0. The molecule has 2 N–H and O–H groups in total. The number of hydrogen-bond donors (Lipinski definition) is 2. The molecule has 138 valence electrons. The lowest BCUT2D eigenvalue weighted by Gasteiger charge is -2.24. The number of halogens is 1. The van der Waals surface area contributed by atoms with E-state index in [1.807, 2.05) is 36.4 Å². The highest BCUT2D eigenvalue weighted by Gasteiger charge is 2.48. The first-order chi connectivity index (χ1) is 13.0. The van der Waals surface area contributed by atoms with Gasteiger partial charge in [-0.1, -0.05) is 53.2 Å². The zero-order valence-corrected chi connectivity index (χ0v) is 14.9. The van der Waals surface area contributed by atoms with Crippen molar-refractivity contribution in [2.45, 2.75) is 24.8 Å². The summed E-state index contributed by atoms with van der Waals surface area (Å²) in [4.78, 5) is 13.9. The van der Waals surface area contributed by atoms with Gasteiger partial charge in [0.25, 0.3) is 5.91 Å². The minimum atomic E-state index is -1.49. The van der Waals surface area contributed by atoms with Gasteiger partial charge >= 0.3 is 0 Å². The number of aliphatic hydroxyl groups excluding tert-OH is 2. The number of amides is 1. The highest BCUT2D eigenvalue weighted by Crippen LogP contribution is 2.34. The van der Waals surface area contributed by atoms with Crippen LogP contribution in [0.1, 0.15) is 17.3 Å². The van der Waals surface area contributed by atoms with E-state index in [0.717, 1.165) is 5.56 Å². The molecule has 2 aromatic carbocycles. The molecule has 3 atom stereocenters. The molecule has 0 spiro atoms. The summed E-state index contributed by atoms with van der Waals surface area (Å²) < 4.78 is 1.52. The van der Waals surface area contributed by atoms with E-state index >= 15 is 0 Å². The van der Waals surface area contributed by atoms with Gasteiger partial charge in [0.1, 0.15) is 17.8 Å². The van der Waals surface area contributed by atoms with E-state index in [9.17, 15) is 15.0 Å². The second-order valence-corrected chi connectivity index (χ2v) is 6.84. The minimum absolute atomic E-state index is 0.252. The number of hydrogen-bond acceptors (Lipinski definition) is 5. The fourth-order valence-electron chi connectivity index (χ4n) is 3.26. The summed E-state index contributed by atoms with van der Waals surface area (Å²) in [5.74, 6) is -0.534. The quantitative estimate of drug-likeness (QED) is 0.714. The molecule has 0 saturated carbocycles. The fourth-order valence-corrected chi connectivity index (χ4v) is 3.44. The van der Waals surface area contributed by atoms with Crippen LogP contribution in [0.3, 0.4) is 0 Å². The molecule has 0 unspecified atom stereocenters. The topological polar surface area (TPSA) is 91.5 Å². The van der Waals surface area contributed by atoms with Crippen molar-refractivity contribution in [2.24, 2.45) is 0 Å². The molecule has 4 rings (SSSR count). The number of benzene rings is 2. The molecule has 0 radical (unpaired) electrons. The van der Waals surface area contributed by atoms with Gasteiger partial charge in [-0.3, -0.25) is 4.79 Å². The number of aromatic nitrogens is 3. The van der Waals surface area contributed by atoms with Crippen LogP contribution in [0.4, 0.5) is 0 Å². The first kappa shape index (κ1) is 17.7. The van der Waals surface area contributed by atoms with E-state index in [-0.39, 0.29) is 6.54 Å². The molecule has 0 bridgehead atoms. The van der Waals surface area contributed by atoms with Crippen molar-refractivity contribution in [1.29, 1.82) is 0 Å². The fraction of sp³-hybridized carbons (Fsp3) is 0.211. The summed E-state index contributed by atoms with van der Waals surface area (Å²) >= 11 is 6.02. The molecule has 8 heteroatoms. The zero-order chi connectivity index (χ0) is 19.0. The normalized spacial score (nSPS) is 22.4. The van der Waals surface area contributed by atoms with Crippen molar-refractivity contribution in [2.75, 3.05) is 0 Å². The van der Waals surface area contributed by atoms with Gasteiger partial charge in [0.2, 0.25) is 0 Å². The summed E-state index contributed by atoms with van der Waals surface area (Å²) in [6.45, 7) is 0.252. The predicted molar refractivity (Wildman–Crippen MR) is 98.1 cm³/mol. The molecular weight excluding hydrogens is 368 g/mol. The number of carbonyl (C=O) groups excluding carboxylic acids is 1. The summed E-state index contributed by atoms with van der Waals surface area (Å²) in [6, 6.07) is 15.7. The third-order valence-electron chi connectivity index (χ3n) is 4.60. The van der Waals surface area contributed by atoms with Crippen LogP contribution in [0.25, 0.3) is 5.69 Å². The molecule has 3 aromatic rings. The molecule has 1 saturated heterocycles. The number of likely N-dealkylation sites (tertiary alicyclic amines) is 1. The highest BCUT2D eigenvalue weighted by atomic mass is 35.5. The Bertz CT molecular complexity index is 962. The van der Waals surface area contributed by atoms with Crippen molar-refractivity contribution in [3.8, 4) is 5.69 Å². The monoisotopic (exact) mass is 384 g/mol. The average Bonchev–Trinajstić information content (AvgIpc) is 3.23. The van der Waals surface area contributed by atoms with Crippen LogP contribution in [-0.4, -0.2) is 48.2 Å². The highest BCUT2D eigenvalue weighted by molar-refractivity contribution is 6.30. The van der Waals surface area contributed by atoms with E-state index in [1.165, 1.54) is 9.58 Å². The van der Waals surface area contributed by atoms with Crippen LogP contribution in [0, 0.1) is 0 Å². The maximum Gasteiger partial charge on any atom is 0.255 e. The minimum Gasteiger partial charge on any atom is -0.387 e.